The number of rotatable bonds is 4. The Bertz CT molecular complexity index is 1020. The van der Waals surface area contributed by atoms with Crippen molar-refractivity contribution in [2.75, 3.05) is 13.1 Å². The Morgan fingerprint density at radius 1 is 1.04 bits per heavy atom. The van der Waals surface area contributed by atoms with E-state index in [1.54, 1.807) is 42.7 Å². The van der Waals surface area contributed by atoms with Crippen LogP contribution in [0.1, 0.15) is 32.7 Å². The third-order valence-electron chi connectivity index (χ3n) is 4.99. The lowest BCUT2D eigenvalue weighted by Crippen LogP contribution is -2.29. The van der Waals surface area contributed by atoms with Gasteiger partial charge in [-0.15, -0.1) is 0 Å². The van der Waals surface area contributed by atoms with Crippen molar-refractivity contribution in [2.24, 2.45) is 5.92 Å². The van der Waals surface area contributed by atoms with Crippen molar-refractivity contribution < 1.29 is 14.7 Å². The van der Waals surface area contributed by atoms with Crippen molar-refractivity contribution in [3.05, 3.63) is 71.5 Å². The molecule has 2 aromatic carbocycles. The molecule has 0 aliphatic carbocycles. The molecular weight excluding hydrogens is 342 g/mol. The molecule has 6 heteroatoms. The molecule has 0 saturated carbocycles. The minimum absolute atomic E-state index is 0.00402. The van der Waals surface area contributed by atoms with Gasteiger partial charge < -0.3 is 10.0 Å². The van der Waals surface area contributed by atoms with Crippen molar-refractivity contribution in [3.63, 3.8) is 0 Å². The second-order valence-corrected chi connectivity index (χ2v) is 6.88. The molecular formula is C21H19N3O3. The summed E-state index contributed by atoms with van der Waals surface area (Å²) in [6.07, 6.45) is 4.94. The Kier molecular flexibility index (Phi) is 4.54. The fraction of sp³-hybridized carbons (Fsp3) is 0.238. The maximum Gasteiger partial charge on any atom is 0.335 e. The van der Waals surface area contributed by atoms with E-state index in [1.807, 2.05) is 17.0 Å². The van der Waals surface area contributed by atoms with Gasteiger partial charge in [0.2, 0.25) is 0 Å². The van der Waals surface area contributed by atoms with Crippen LogP contribution in [0, 0.1) is 5.92 Å². The van der Waals surface area contributed by atoms with Gasteiger partial charge in [0.15, 0.2) is 0 Å². The Balaban J connectivity index is 1.44. The summed E-state index contributed by atoms with van der Waals surface area (Å²) < 4.78 is 0. The topological polar surface area (TPSA) is 83.4 Å². The minimum atomic E-state index is -0.917. The third kappa shape index (κ3) is 3.65. The van der Waals surface area contributed by atoms with Crippen LogP contribution in [0.3, 0.4) is 0 Å². The number of carbonyl (C=O) groups is 2. The van der Waals surface area contributed by atoms with E-state index in [-0.39, 0.29) is 5.91 Å². The van der Waals surface area contributed by atoms with Crippen molar-refractivity contribution in [1.82, 2.24) is 14.9 Å². The summed E-state index contributed by atoms with van der Waals surface area (Å²) in [5.41, 5.74) is 3.40. The molecule has 6 nitrogen and oxygen atoms in total. The first kappa shape index (κ1) is 17.1. The van der Waals surface area contributed by atoms with Gasteiger partial charge in [0.05, 0.1) is 16.6 Å². The zero-order chi connectivity index (χ0) is 18.8. The Morgan fingerprint density at radius 3 is 2.67 bits per heavy atom. The summed E-state index contributed by atoms with van der Waals surface area (Å²) in [6, 6.07) is 12.4. The maximum atomic E-state index is 12.8. The molecule has 1 aromatic heterocycles. The summed E-state index contributed by atoms with van der Waals surface area (Å²) in [4.78, 5) is 34.3. The molecule has 27 heavy (non-hydrogen) atoms. The lowest BCUT2D eigenvalue weighted by atomic mass is 9.97. The van der Waals surface area contributed by atoms with Gasteiger partial charge in [0.25, 0.3) is 5.91 Å². The van der Waals surface area contributed by atoms with Gasteiger partial charge in [-0.05, 0) is 54.7 Å². The van der Waals surface area contributed by atoms with Gasteiger partial charge in [0.1, 0.15) is 0 Å². The lowest BCUT2D eigenvalue weighted by Gasteiger charge is -2.17. The fourth-order valence-corrected chi connectivity index (χ4v) is 3.63. The average Bonchev–Trinajstić information content (AvgIpc) is 3.15. The van der Waals surface area contributed by atoms with Crippen LogP contribution in [0.2, 0.25) is 0 Å². The normalized spacial score (nSPS) is 16.6. The molecule has 2 heterocycles. The zero-order valence-corrected chi connectivity index (χ0v) is 14.7. The van der Waals surface area contributed by atoms with Crippen LogP contribution in [-0.4, -0.2) is 44.9 Å². The molecule has 1 N–H and O–H groups in total. The molecule has 1 atom stereocenters. The minimum Gasteiger partial charge on any atom is -0.478 e. The molecule has 0 radical (unpaired) electrons. The van der Waals surface area contributed by atoms with E-state index >= 15 is 0 Å². The molecule has 1 aliphatic rings. The van der Waals surface area contributed by atoms with E-state index in [2.05, 4.69) is 9.97 Å². The van der Waals surface area contributed by atoms with E-state index in [9.17, 15) is 9.59 Å². The zero-order valence-electron chi connectivity index (χ0n) is 14.7. The highest BCUT2D eigenvalue weighted by molar-refractivity contribution is 5.97. The van der Waals surface area contributed by atoms with Crippen LogP contribution in [0.25, 0.3) is 11.0 Å². The van der Waals surface area contributed by atoms with Crippen LogP contribution in [0.5, 0.6) is 0 Å². The predicted octanol–water partition coefficient (Wildman–Crippen LogP) is 3.03. The van der Waals surface area contributed by atoms with Crippen LogP contribution in [-0.2, 0) is 6.42 Å². The second-order valence-electron chi connectivity index (χ2n) is 6.88. The van der Waals surface area contributed by atoms with E-state index < -0.39 is 5.97 Å². The Hall–Kier alpha value is -3.28. The van der Waals surface area contributed by atoms with Crippen molar-refractivity contribution in [2.45, 2.75) is 12.8 Å². The number of aromatic nitrogens is 2. The van der Waals surface area contributed by atoms with E-state index in [0.29, 0.717) is 35.7 Å². The highest BCUT2D eigenvalue weighted by Gasteiger charge is 2.27. The fourth-order valence-electron chi connectivity index (χ4n) is 3.63. The Labute approximate surface area is 156 Å². The maximum absolute atomic E-state index is 12.8. The van der Waals surface area contributed by atoms with Crippen LogP contribution in [0.15, 0.2) is 54.9 Å². The number of carboxylic acid groups (broad SMARTS) is 1. The van der Waals surface area contributed by atoms with Crippen molar-refractivity contribution in [3.8, 4) is 0 Å². The molecule has 0 bridgehead atoms. The van der Waals surface area contributed by atoms with Crippen LogP contribution >= 0.6 is 0 Å². The van der Waals surface area contributed by atoms with E-state index in [0.717, 1.165) is 23.9 Å². The second kappa shape index (κ2) is 7.15. The van der Waals surface area contributed by atoms with Gasteiger partial charge >= 0.3 is 5.97 Å². The molecule has 4 rings (SSSR count). The monoisotopic (exact) mass is 361 g/mol. The average molecular weight is 361 g/mol. The third-order valence-corrected chi connectivity index (χ3v) is 4.99. The summed E-state index contributed by atoms with van der Waals surface area (Å²) in [7, 11) is 0. The molecule has 0 unspecified atom stereocenters. The first-order chi connectivity index (χ1) is 13.1. The van der Waals surface area contributed by atoms with Gasteiger partial charge in [-0.1, -0.05) is 12.1 Å². The first-order valence-electron chi connectivity index (χ1n) is 8.92. The molecule has 1 saturated heterocycles. The SMILES string of the molecule is O=C(O)c1cccc(C[C@H]2CCN(C(=O)c3ccc4nccnc4c3)C2)c1. The van der Waals surface area contributed by atoms with Gasteiger partial charge in [-0.2, -0.15) is 0 Å². The van der Waals surface area contributed by atoms with Gasteiger partial charge in [-0.25, -0.2) is 4.79 Å². The van der Waals surface area contributed by atoms with E-state index in [4.69, 9.17) is 5.11 Å². The number of hydrogen-bond acceptors (Lipinski definition) is 4. The molecule has 1 fully saturated rings. The molecule has 0 spiro atoms. The highest BCUT2D eigenvalue weighted by Crippen LogP contribution is 2.23. The summed E-state index contributed by atoms with van der Waals surface area (Å²) in [6.45, 7) is 1.38. The molecule has 1 aliphatic heterocycles. The van der Waals surface area contributed by atoms with E-state index in [1.165, 1.54) is 0 Å². The number of nitrogens with zero attached hydrogens (tertiary/aromatic N) is 3. The molecule has 3 aromatic rings. The summed E-state index contributed by atoms with van der Waals surface area (Å²) >= 11 is 0. The summed E-state index contributed by atoms with van der Waals surface area (Å²) in [5.74, 6) is -0.581. The quantitative estimate of drug-likeness (QED) is 0.772. The van der Waals surface area contributed by atoms with Crippen molar-refractivity contribution >= 4 is 22.9 Å². The smallest absolute Gasteiger partial charge is 0.335 e. The number of fused-ring (bicyclic) bond motifs is 1. The largest absolute Gasteiger partial charge is 0.478 e. The predicted molar refractivity (Wildman–Crippen MR) is 101 cm³/mol. The number of hydrogen-bond donors (Lipinski definition) is 1. The van der Waals surface area contributed by atoms with Crippen LogP contribution in [0.4, 0.5) is 0 Å². The first-order valence-corrected chi connectivity index (χ1v) is 8.92. The number of carboxylic acids is 1. The number of aromatic carboxylic acids is 1. The number of carbonyl (C=O) groups excluding carboxylic acids is 1. The Morgan fingerprint density at radius 2 is 1.85 bits per heavy atom. The lowest BCUT2D eigenvalue weighted by molar-refractivity contribution is 0.0696. The number of amides is 1. The van der Waals surface area contributed by atoms with Gasteiger partial charge in [0, 0.05) is 31.0 Å². The number of benzene rings is 2. The highest BCUT2D eigenvalue weighted by atomic mass is 16.4. The standard InChI is InChI=1S/C21H19N3O3/c25-20(16-4-5-18-19(12-16)23-8-7-22-18)24-9-6-15(13-24)10-14-2-1-3-17(11-14)21(26)27/h1-5,7-8,11-12,15H,6,9-10,13H2,(H,26,27)/t15-/m1/s1. The van der Waals surface area contributed by atoms with Crippen LogP contribution < -0.4 is 0 Å². The summed E-state index contributed by atoms with van der Waals surface area (Å²) in [5, 5.41) is 9.12. The molecule has 136 valence electrons. The molecule has 1 amide bonds. The number of likely N-dealkylation sites (tertiary alicyclic amines) is 1. The van der Waals surface area contributed by atoms with Gasteiger partial charge in [-0.3, -0.25) is 14.8 Å². The van der Waals surface area contributed by atoms with Crippen molar-refractivity contribution in [1.29, 1.82) is 0 Å².